The van der Waals surface area contributed by atoms with Gasteiger partial charge in [-0.2, -0.15) is 0 Å². The molecule has 0 atom stereocenters. The van der Waals surface area contributed by atoms with Crippen molar-refractivity contribution in [3.63, 3.8) is 0 Å². The highest BCUT2D eigenvalue weighted by Gasteiger charge is 2.22. The summed E-state index contributed by atoms with van der Waals surface area (Å²) in [6.07, 6.45) is 2.05. The van der Waals surface area contributed by atoms with Crippen molar-refractivity contribution in [3.8, 4) is 0 Å². The first kappa shape index (κ1) is 20.4. The van der Waals surface area contributed by atoms with Crippen LogP contribution in [0.1, 0.15) is 25.7 Å². The normalized spacial score (nSPS) is 18.8. The Bertz CT molecular complexity index is 420. The monoisotopic (exact) mass is 372 g/mol. The van der Waals surface area contributed by atoms with Crippen LogP contribution in [0, 0.1) is 11.8 Å². The number of rotatable bonds is 8. The van der Waals surface area contributed by atoms with E-state index in [0.717, 1.165) is 0 Å². The first-order valence-corrected chi connectivity index (χ1v) is 9.17. The van der Waals surface area contributed by atoms with Crippen LogP contribution in [-0.4, -0.2) is 70.7 Å². The second-order valence-electron chi connectivity index (χ2n) is 6.30. The molecule has 0 radical (unpaired) electrons. The Hall–Kier alpha value is -1.87. The summed E-state index contributed by atoms with van der Waals surface area (Å²) in [5, 5.41) is 5.46. The minimum atomic E-state index is -0.814. The third kappa shape index (κ3) is 7.57. The van der Waals surface area contributed by atoms with Gasteiger partial charge in [0.2, 0.25) is 11.8 Å². The van der Waals surface area contributed by atoms with Crippen LogP contribution in [-0.2, 0) is 28.5 Å². The first-order chi connectivity index (χ1) is 12.7. The lowest BCUT2D eigenvalue weighted by Crippen LogP contribution is -2.37. The molecule has 0 aromatic carbocycles. The second-order valence-corrected chi connectivity index (χ2v) is 6.30. The van der Waals surface area contributed by atoms with E-state index in [-0.39, 0.29) is 50.0 Å². The maximum atomic E-state index is 11.9. The molecule has 0 aliphatic carbocycles. The van der Waals surface area contributed by atoms with Gasteiger partial charge in [0.1, 0.15) is 13.2 Å². The standard InChI is InChI=1S/C17H28N2O7/c20-15(13-1-7-23-8-2-13)18-5-11-25-17(22)26-12-6-19-16(21)14-3-9-24-10-4-14/h13-14H,1-12H2,(H,18,20)(H,19,21). The van der Waals surface area contributed by atoms with Crippen LogP contribution in [0.15, 0.2) is 0 Å². The fraction of sp³-hybridized carbons (Fsp3) is 0.824. The SMILES string of the molecule is O=C(OCCNC(=O)C1CCOCC1)OCCNC(=O)C1CCOCC1. The Morgan fingerprint density at radius 2 is 1.12 bits per heavy atom. The third-order valence-electron chi connectivity index (χ3n) is 4.43. The third-order valence-corrected chi connectivity index (χ3v) is 4.43. The Labute approximate surface area is 153 Å². The highest BCUT2D eigenvalue weighted by atomic mass is 16.7. The molecule has 9 heteroatoms. The fourth-order valence-corrected chi connectivity index (χ4v) is 2.87. The molecule has 0 spiro atoms. The average molecular weight is 372 g/mol. The number of hydrogen-bond donors (Lipinski definition) is 2. The molecule has 2 saturated heterocycles. The average Bonchev–Trinajstić information content (AvgIpc) is 2.69. The Morgan fingerprint density at radius 3 is 1.50 bits per heavy atom. The molecule has 2 heterocycles. The molecule has 9 nitrogen and oxygen atoms in total. The predicted octanol–water partition coefficient (Wildman–Crippen LogP) is 0.225. The maximum Gasteiger partial charge on any atom is 0.508 e. The summed E-state index contributed by atoms with van der Waals surface area (Å²) in [5.41, 5.74) is 0. The van der Waals surface area contributed by atoms with Crippen LogP contribution < -0.4 is 10.6 Å². The molecule has 0 saturated carbocycles. The van der Waals surface area contributed by atoms with Gasteiger partial charge in [0, 0.05) is 38.3 Å². The first-order valence-electron chi connectivity index (χ1n) is 9.17. The van der Waals surface area contributed by atoms with E-state index in [9.17, 15) is 14.4 Å². The van der Waals surface area contributed by atoms with Crippen molar-refractivity contribution in [2.45, 2.75) is 25.7 Å². The summed E-state index contributed by atoms with van der Waals surface area (Å²) in [5.74, 6) is -0.146. The van der Waals surface area contributed by atoms with Crippen LogP contribution in [0.25, 0.3) is 0 Å². The van der Waals surface area contributed by atoms with E-state index >= 15 is 0 Å². The van der Waals surface area contributed by atoms with Crippen molar-refractivity contribution in [3.05, 3.63) is 0 Å². The zero-order valence-corrected chi connectivity index (χ0v) is 15.0. The van der Waals surface area contributed by atoms with Gasteiger partial charge in [0.25, 0.3) is 0 Å². The van der Waals surface area contributed by atoms with Gasteiger partial charge in [-0.25, -0.2) is 4.79 Å². The zero-order chi connectivity index (χ0) is 18.6. The van der Waals surface area contributed by atoms with Crippen molar-refractivity contribution >= 4 is 18.0 Å². The van der Waals surface area contributed by atoms with Gasteiger partial charge < -0.3 is 29.6 Å². The lowest BCUT2D eigenvalue weighted by molar-refractivity contribution is -0.128. The van der Waals surface area contributed by atoms with E-state index in [1.165, 1.54) is 0 Å². The molecule has 2 rings (SSSR count). The quantitative estimate of drug-likeness (QED) is 0.463. The Morgan fingerprint density at radius 1 is 0.731 bits per heavy atom. The highest BCUT2D eigenvalue weighted by molar-refractivity contribution is 5.79. The highest BCUT2D eigenvalue weighted by Crippen LogP contribution is 2.15. The lowest BCUT2D eigenvalue weighted by Gasteiger charge is -2.21. The lowest BCUT2D eigenvalue weighted by atomic mass is 9.99. The molecule has 2 aliphatic heterocycles. The van der Waals surface area contributed by atoms with Gasteiger partial charge >= 0.3 is 6.16 Å². The van der Waals surface area contributed by atoms with E-state index in [1.807, 2.05) is 0 Å². The molecule has 148 valence electrons. The van der Waals surface area contributed by atoms with Crippen molar-refractivity contribution in [2.75, 3.05) is 52.7 Å². The molecule has 0 aromatic rings. The van der Waals surface area contributed by atoms with Crippen molar-refractivity contribution in [1.29, 1.82) is 0 Å². The summed E-state index contributed by atoms with van der Waals surface area (Å²) < 4.78 is 20.2. The maximum absolute atomic E-state index is 11.9. The summed E-state index contributed by atoms with van der Waals surface area (Å²) >= 11 is 0. The van der Waals surface area contributed by atoms with E-state index in [4.69, 9.17) is 18.9 Å². The van der Waals surface area contributed by atoms with Crippen LogP contribution in [0.2, 0.25) is 0 Å². The van der Waals surface area contributed by atoms with Gasteiger partial charge in [-0.05, 0) is 25.7 Å². The summed E-state index contributed by atoms with van der Waals surface area (Å²) in [7, 11) is 0. The number of hydrogen-bond acceptors (Lipinski definition) is 7. The molecule has 0 aromatic heterocycles. The Balaban J connectivity index is 1.44. The number of ether oxygens (including phenoxy) is 4. The molecular weight excluding hydrogens is 344 g/mol. The number of amides is 2. The molecule has 2 fully saturated rings. The van der Waals surface area contributed by atoms with E-state index < -0.39 is 6.16 Å². The number of carbonyl (C=O) groups is 3. The van der Waals surface area contributed by atoms with Crippen LogP contribution in [0.5, 0.6) is 0 Å². The minimum Gasteiger partial charge on any atom is -0.432 e. The van der Waals surface area contributed by atoms with E-state index in [1.54, 1.807) is 0 Å². The van der Waals surface area contributed by atoms with Gasteiger partial charge in [-0.3, -0.25) is 9.59 Å². The topological polar surface area (TPSA) is 112 Å². The molecular formula is C17H28N2O7. The molecule has 2 aliphatic rings. The molecule has 26 heavy (non-hydrogen) atoms. The molecule has 0 bridgehead atoms. The van der Waals surface area contributed by atoms with Crippen LogP contribution in [0.3, 0.4) is 0 Å². The second kappa shape index (κ2) is 11.7. The Kier molecular flexibility index (Phi) is 9.19. The summed E-state index contributed by atoms with van der Waals surface area (Å²) in [6, 6.07) is 0. The summed E-state index contributed by atoms with van der Waals surface area (Å²) in [4.78, 5) is 35.2. The smallest absolute Gasteiger partial charge is 0.432 e. The fourth-order valence-electron chi connectivity index (χ4n) is 2.87. The van der Waals surface area contributed by atoms with Crippen molar-refractivity contribution in [1.82, 2.24) is 10.6 Å². The molecule has 2 N–H and O–H groups in total. The van der Waals surface area contributed by atoms with Gasteiger partial charge in [0.15, 0.2) is 0 Å². The van der Waals surface area contributed by atoms with Gasteiger partial charge in [-0.15, -0.1) is 0 Å². The van der Waals surface area contributed by atoms with Crippen molar-refractivity contribution < 1.29 is 33.3 Å². The number of nitrogens with one attached hydrogen (secondary N) is 2. The largest absolute Gasteiger partial charge is 0.508 e. The van der Waals surface area contributed by atoms with Crippen LogP contribution >= 0.6 is 0 Å². The van der Waals surface area contributed by atoms with E-state index in [0.29, 0.717) is 52.1 Å². The molecule has 2 amide bonds. The van der Waals surface area contributed by atoms with Gasteiger partial charge in [-0.1, -0.05) is 0 Å². The molecule has 0 unspecified atom stereocenters. The van der Waals surface area contributed by atoms with Gasteiger partial charge in [0.05, 0.1) is 13.1 Å². The van der Waals surface area contributed by atoms with Crippen LogP contribution in [0.4, 0.5) is 4.79 Å². The summed E-state index contributed by atoms with van der Waals surface area (Å²) in [6.45, 7) is 2.98. The van der Waals surface area contributed by atoms with E-state index in [2.05, 4.69) is 10.6 Å². The minimum absolute atomic E-state index is 0.0324. The zero-order valence-electron chi connectivity index (χ0n) is 15.0. The number of carbonyl (C=O) groups excluding carboxylic acids is 3. The van der Waals surface area contributed by atoms with Crippen molar-refractivity contribution in [2.24, 2.45) is 11.8 Å². The predicted molar refractivity (Wildman–Crippen MR) is 90.4 cm³/mol.